The summed E-state index contributed by atoms with van der Waals surface area (Å²) in [6.07, 6.45) is 12.6. The Labute approximate surface area is 224 Å². The van der Waals surface area contributed by atoms with Crippen LogP contribution in [0.3, 0.4) is 0 Å². The summed E-state index contributed by atoms with van der Waals surface area (Å²) >= 11 is 0. The zero-order valence-electron chi connectivity index (χ0n) is 24.2. The Morgan fingerprint density at radius 1 is 1.16 bits per heavy atom. The van der Waals surface area contributed by atoms with Crippen LogP contribution in [0.2, 0.25) is 0 Å². The second-order valence-electron chi connectivity index (χ2n) is 14.0. The molecule has 0 aromatic rings. The van der Waals surface area contributed by atoms with E-state index in [9.17, 15) is 9.59 Å². The van der Waals surface area contributed by atoms with Gasteiger partial charge in [0.25, 0.3) is 0 Å². The predicted octanol–water partition coefficient (Wildman–Crippen LogP) is 6.72. The number of hydrogen-bond acceptors (Lipinski definition) is 4. The summed E-state index contributed by atoms with van der Waals surface area (Å²) < 4.78 is 12.5. The van der Waals surface area contributed by atoms with Crippen molar-refractivity contribution < 1.29 is 19.1 Å². The van der Waals surface area contributed by atoms with E-state index in [0.29, 0.717) is 23.2 Å². The highest BCUT2D eigenvalue weighted by Gasteiger charge is 2.67. The Hall–Kier alpha value is -1.78. The van der Waals surface area contributed by atoms with Gasteiger partial charge in [-0.2, -0.15) is 0 Å². The number of amides is 1. The lowest BCUT2D eigenvalue weighted by Gasteiger charge is -2.58. The monoisotopic (exact) mass is 511 g/mol. The summed E-state index contributed by atoms with van der Waals surface area (Å²) in [5, 5.41) is 2.96. The molecule has 1 aliphatic heterocycles. The number of carbonyl (C=O) groups is 2. The highest BCUT2D eigenvalue weighted by atomic mass is 16.5. The van der Waals surface area contributed by atoms with E-state index in [2.05, 4.69) is 46.0 Å². The fourth-order valence-corrected chi connectivity index (χ4v) is 9.93. The topological polar surface area (TPSA) is 64.6 Å². The number of esters is 1. The summed E-state index contributed by atoms with van der Waals surface area (Å²) in [4.78, 5) is 22.9. The highest BCUT2D eigenvalue weighted by Crippen LogP contribution is 2.71. The minimum atomic E-state index is -0.146. The third kappa shape index (κ3) is 4.46. The average molecular weight is 512 g/mol. The molecule has 0 saturated heterocycles. The van der Waals surface area contributed by atoms with Crippen molar-refractivity contribution >= 4 is 11.9 Å². The molecule has 3 fully saturated rings. The lowest BCUT2D eigenvalue weighted by molar-refractivity contribution is -0.148. The summed E-state index contributed by atoms with van der Waals surface area (Å²) in [5.74, 6) is 4.22. The van der Waals surface area contributed by atoms with Crippen LogP contribution in [0.15, 0.2) is 23.0 Å². The van der Waals surface area contributed by atoms with Crippen LogP contribution in [-0.2, 0) is 19.1 Å². The van der Waals surface area contributed by atoms with Gasteiger partial charge in [0.15, 0.2) is 0 Å². The standard InChI is InChI=1S/C32H49NO4/c1-19(18-33-21(3)34)8-11-28-20(2)29-31(6)15-13-26-25(27(31)17-32(29,7)37-28)10-9-23-16-24(36-22(4)35)12-14-30(23,26)5/h9,19,24-27,29H,8,10-18H2,1-7H3,(H,33,34)/t19-,24+,25+,26-,27+,29+,30+,31+,32-/m1/s1. The molecule has 0 aromatic heterocycles. The van der Waals surface area contributed by atoms with Crippen molar-refractivity contribution in [2.24, 2.45) is 40.4 Å². The van der Waals surface area contributed by atoms with Crippen molar-refractivity contribution in [1.82, 2.24) is 5.32 Å². The van der Waals surface area contributed by atoms with Crippen molar-refractivity contribution in [3.05, 3.63) is 23.0 Å². The van der Waals surface area contributed by atoms with Gasteiger partial charge in [-0.05, 0) is 98.9 Å². The first-order chi connectivity index (χ1) is 17.4. The van der Waals surface area contributed by atoms with Gasteiger partial charge in [-0.1, -0.05) is 32.4 Å². The van der Waals surface area contributed by atoms with Crippen molar-refractivity contribution in [3.8, 4) is 0 Å². The van der Waals surface area contributed by atoms with Gasteiger partial charge in [0, 0.05) is 39.2 Å². The van der Waals surface area contributed by atoms with Crippen LogP contribution < -0.4 is 5.32 Å². The molecular weight excluding hydrogens is 462 g/mol. The minimum absolute atomic E-state index is 0.0481. The van der Waals surface area contributed by atoms with Gasteiger partial charge in [-0.25, -0.2) is 0 Å². The molecular formula is C32H49NO4. The largest absolute Gasteiger partial charge is 0.491 e. The summed E-state index contributed by atoms with van der Waals surface area (Å²) in [6.45, 7) is 15.9. The number of fused-ring (bicyclic) bond motifs is 7. The molecule has 0 spiro atoms. The summed E-state index contributed by atoms with van der Waals surface area (Å²) in [5.41, 5.74) is 3.51. The maximum absolute atomic E-state index is 11.6. The van der Waals surface area contributed by atoms with Gasteiger partial charge in [-0.3, -0.25) is 9.59 Å². The maximum Gasteiger partial charge on any atom is 0.302 e. The van der Waals surface area contributed by atoms with E-state index in [4.69, 9.17) is 9.47 Å². The molecule has 5 aliphatic rings. The predicted molar refractivity (Wildman–Crippen MR) is 145 cm³/mol. The van der Waals surface area contributed by atoms with Crippen LogP contribution in [0, 0.1) is 40.4 Å². The van der Waals surface area contributed by atoms with E-state index in [-0.39, 0.29) is 29.0 Å². The van der Waals surface area contributed by atoms with E-state index >= 15 is 0 Å². The van der Waals surface area contributed by atoms with Gasteiger partial charge >= 0.3 is 5.97 Å². The van der Waals surface area contributed by atoms with E-state index in [1.165, 1.54) is 37.5 Å². The molecule has 1 heterocycles. The molecule has 0 unspecified atom stereocenters. The number of rotatable bonds is 6. The van der Waals surface area contributed by atoms with E-state index < -0.39 is 0 Å². The van der Waals surface area contributed by atoms with Crippen molar-refractivity contribution in [1.29, 1.82) is 0 Å². The average Bonchev–Trinajstić information content (AvgIpc) is 3.22. The van der Waals surface area contributed by atoms with E-state index in [1.54, 1.807) is 12.5 Å². The zero-order chi connectivity index (χ0) is 26.8. The maximum atomic E-state index is 11.6. The second-order valence-corrected chi connectivity index (χ2v) is 14.0. The molecule has 4 aliphatic carbocycles. The zero-order valence-corrected chi connectivity index (χ0v) is 24.2. The number of ether oxygens (including phenoxy) is 2. The van der Waals surface area contributed by atoms with E-state index in [1.807, 2.05) is 0 Å². The molecule has 3 saturated carbocycles. The van der Waals surface area contributed by atoms with Gasteiger partial charge in [0.1, 0.15) is 11.7 Å². The third-order valence-corrected chi connectivity index (χ3v) is 11.5. The smallest absolute Gasteiger partial charge is 0.302 e. The molecule has 0 radical (unpaired) electrons. The first-order valence-electron chi connectivity index (χ1n) is 14.9. The molecule has 37 heavy (non-hydrogen) atoms. The summed E-state index contributed by atoms with van der Waals surface area (Å²) in [7, 11) is 0. The molecule has 1 N–H and O–H groups in total. The summed E-state index contributed by atoms with van der Waals surface area (Å²) in [6, 6.07) is 0. The molecule has 5 nitrogen and oxygen atoms in total. The second kappa shape index (κ2) is 9.45. The number of allylic oxidation sites excluding steroid dienone is 2. The first kappa shape index (κ1) is 26.8. The number of carbonyl (C=O) groups excluding carboxylic acids is 2. The molecule has 5 heteroatoms. The van der Waals surface area contributed by atoms with Crippen LogP contribution in [0.25, 0.3) is 0 Å². The normalized spacial score (nSPS) is 43.0. The fourth-order valence-electron chi connectivity index (χ4n) is 9.93. The number of nitrogens with one attached hydrogen (secondary N) is 1. The van der Waals surface area contributed by atoms with Gasteiger partial charge in [0.05, 0.1) is 5.76 Å². The fraction of sp³-hybridized carbons (Fsp3) is 0.812. The Kier molecular flexibility index (Phi) is 6.85. The van der Waals surface area contributed by atoms with Gasteiger partial charge in [0.2, 0.25) is 5.91 Å². The minimum Gasteiger partial charge on any atom is -0.491 e. The van der Waals surface area contributed by atoms with Crippen molar-refractivity contribution in [3.63, 3.8) is 0 Å². The molecule has 5 rings (SSSR count). The molecule has 1 amide bonds. The molecule has 0 bridgehead atoms. The quantitative estimate of drug-likeness (QED) is 0.317. The Morgan fingerprint density at radius 3 is 2.62 bits per heavy atom. The highest BCUT2D eigenvalue weighted by molar-refractivity contribution is 5.72. The lowest BCUT2D eigenvalue weighted by atomic mass is 9.47. The van der Waals surface area contributed by atoms with Gasteiger partial charge < -0.3 is 14.8 Å². The Bertz CT molecular complexity index is 1010. The lowest BCUT2D eigenvalue weighted by Crippen LogP contribution is -2.50. The third-order valence-electron chi connectivity index (χ3n) is 11.5. The Balaban J connectivity index is 1.32. The molecule has 206 valence electrons. The van der Waals surface area contributed by atoms with Crippen LogP contribution in [0.1, 0.15) is 106 Å². The van der Waals surface area contributed by atoms with Crippen LogP contribution in [0.4, 0.5) is 0 Å². The number of hydrogen-bond donors (Lipinski definition) is 1. The van der Waals surface area contributed by atoms with Crippen LogP contribution >= 0.6 is 0 Å². The van der Waals surface area contributed by atoms with Crippen LogP contribution in [-0.4, -0.2) is 30.1 Å². The SMILES string of the molecule is CC(=O)NC[C@H](C)CCC1=C(C)[C@H]2[C@@]3(C)CC[C@@H]4[C@H](CC=C5C[C@@H](OC(C)=O)CC[C@@]54C)[C@@H]3C[C@@]2(C)O1. The van der Waals surface area contributed by atoms with Crippen molar-refractivity contribution in [2.75, 3.05) is 6.54 Å². The first-order valence-corrected chi connectivity index (χ1v) is 14.9. The Morgan fingerprint density at radius 2 is 1.92 bits per heavy atom. The molecule has 0 aromatic carbocycles. The van der Waals surface area contributed by atoms with Crippen LogP contribution in [0.5, 0.6) is 0 Å². The van der Waals surface area contributed by atoms with Crippen molar-refractivity contribution in [2.45, 2.75) is 118 Å². The van der Waals surface area contributed by atoms with E-state index in [0.717, 1.165) is 56.9 Å². The van der Waals surface area contributed by atoms with Gasteiger partial charge in [-0.15, -0.1) is 0 Å². The molecule has 9 atom stereocenters.